The molecular weight excluding hydrogens is 242 g/mol. The van der Waals surface area contributed by atoms with E-state index in [1.807, 2.05) is 10.8 Å². The smallest absolute Gasteiger partial charge is 0.310 e. The number of methoxy groups -OCH3 is 1. The Morgan fingerprint density at radius 3 is 2.63 bits per heavy atom. The molecule has 19 heavy (non-hydrogen) atoms. The Morgan fingerprint density at radius 2 is 2.00 bits per heavy atom. The number of rotatable bonds is 4. The highest BCUT2D eigenvalue weighted by Gasteiger charge is 2.13. The number of nitrogens with zero attached hydrogens (tertiary/aromatic N) is 1. The van der Waals surface area contributed by atoms with Crippen molar-refractivity contribution in [3.05, 3.63) is 35.0 Å². The van der Waals surface area contributed by atoms with Crippen LogP contribution in [0.15, 0.2) is 18.3 Å². The lowest BCUT2D eigenvalue weighted by Gasteiger charge is -2.05. The van der Waals surface area contributed by atoms with E-state index in [0.29, 0.717) is 6.54 Å². The number of aliphatic hydroxyl groups is 1. The summed E-state index contributed by atoms with van der Waals surface area (Å²) in [5, 5.41) is 10.2. The molecule has 0 spiro atoms. The summed E-state index contributed by atoms with van der Waals surface area (Å²) < 4.78 is 6.71. The summed E-state index contributed by atoms with van der Waals surface area (Å²) in [5.41, 5.74) is 4.39. The van der Waals surface area contributed by atoms with Gasteiger partial charge in [0.05, 0.1) is 20.1 Å². The first-order valence-corrected chi connectivity index (χ1v) is 6.33. The molecule has 102 valence electrons. The van der Waals surface area contributed by atoms with Crippen molar-refractivity contribution in [1.82, 2.24) is 4.57 Å². The van der Waals surface area contributed by atoms with Gasteiger partial charge in [0.15, 0.2) is 0 Å². The number of benzene rings is 1. The van der Waals surface area contributed by atoms with Crippen LogP contribution in [0.2, 0.25) is 0 Å². The van der Waals surface area contributed by atoms with Crippen LogP contribution >= 0.6 is 0 Å². The summed E-state index contributed by atoms with van der Waals surface area (Å²) in [7, 11) is 1.39. The van der Waals surface area contributed by atoms with Crippen molar-refractivity contribution in [2.24, 2.45) is 0 Å². The Morgan fingerprint density at radius 1 is 1.32 bits per heavy atom. The van der Waals surface area contributed by atoms with Gasteiger partial charge in [0.1, 0.15) is 0 Å². The first-order valence-electron chi connectivity index (χ1n) is 6.33. The van der Waals surface area contributed by atoms with Gasteiger partial charge in [0.2, 0.25) is 0 Å². The zero-order valence-electron chi connectivity index (χ0n) is 11.6. The van der Waals surface area contributed by atoms with Gasteiger partial charge in [-0.25, -0.2) is 0 Å². The lowest BCUT2D eigenvalue weighted by Crippen LogP contribution is -2.04. The van der Waals surface area contributed by atoms with Crippen molar-refractivity contribution >= 4 is 16.9 Å². The number of carbonyl (C=O) groups is 1. The Balaban J connectivity index is 2.57. The van der Waals surface area contributed by atoms with Crippen LogP contribution in [-0.2, 0) is 22.5 Å². The lowest BCUT2D eigenvalue weighted by atomic mass is 10.0. The summed E-state index contributed by atoms with van der Waals surface area (Å²) in [6.45, 7) is 4.72. The van der Waals surface area contributed by atoms with Crippen molar-refractivity contribution in [3.8, 4) is 0 Å². The number of ether oxygens (including phenoxy) is 1. The van der Waals surface area contributed by atoms with Crippen molar-refractivity contribution in [3.63, 3.8) is 0 Å². The molecule has 1 aromatic carbocycles. The topological polar surface area (TPSA) is 51.5 Å². The number of aromatic nitrogens is 1. The largest absolute Gasteiger partial charge is 0.469 e. The minimum absolute atomic E-state index is 0.0777. The van der Waals surface area contributed by atoms with E-state index in [4.69, 9.17) is 9.84 Å². The molecule has 2 rings (SSSR count). The van der Waals surface area contributed by atoms with Crippen molar-refractivity contribution in [2.45, 2.75) is 26.8 Å². The molecular formula is C15H19NO3. The summed E-state index contributed by atoms with van der Waals surface area (Å²) in [6, 6.07) is 4.19. The fourth-order valence-electron chi connectivity index (χ4n) is 2.28. The predicted octanol–water partition coefficient (Wildman–Crippen LogP) is 1.97. The Kier molecular flexibility index (Phi) is 3.90. The minimum Gasteiger partial charge on any atom is -0.469 e. The quantitative estimate of drug-likeness (QED) is 0.856. The molecule has 0 saturated heterocycles. The third-order valence-electron chi connectivity index (χ3n) is 3.48. The van der Waals surface area contributed by atoms with Crippen LogP contribution in [-0.4, -0.2) is 29.4 Å². The zero-order chi connectivity index (χ0) is 14.0. The molecule has 1 aromatic heterocycles. The van der Waals surface area contributed by atoms with Gasteiger partial charge in [-0.05, 0) is 42.7 Å². The molecule has 1 heterocycles. The molecule has 0 aliphatic heterocycles. The average molecular weight is 261 g/mol. The van der Waals surface area contributed by atoms with Crippen LogP contribution < -0.4 is 0 Å². The number of aliphatic hydroxyl groups excluding tert-OH is 1. The molecule has 4 heteroatoms. The average Bonchev–Trinajstić information content (AvgIpc) is 2.69. The third kappa shape index (κ3) is 2.63. The predicted molar refractivity (Wildman–Crippen MR) is 74.2 cm³/mol. The van der Waals surface area contributed by atoms with Gasteiger partial charge in [-0.2, -0.15) is 0 Å². The summed E-state index contributed by atoms with van der Waals surface area (Å²) in [5.74, 6) is -0.249. The van der Waals surface area contributed by atoms with Gasteiger partial charge in [-0.3, -0.25) is 4.79 Å². The van der Waals surface area contributed by atoms with Crippen LogP contribution in [0.5, 0.6) is 0 Å². The fraction of sp³-hybridized carbons (Fsp3) is 0.400. The van der Waals surface area contributed by atoms with Crippen LogP contribution in [0.4, 0.5) is 0 Å². The molecule has 2 aromatic rings. The molecule has 0 atom stereocenters. The second-order valence-electron chi connectivity index (χ2n) is 4.78. The number of aryl methyl sites for hydroxylation is 2. The molecule has 0 aliphatic carbocycles. The summed E-state index contributed by atoms with van der Waals surface area (Å²) in [6.07, 6.45) is 2.19. The van der Waals surface area contributed by atoms with Gasteiger partial charge in [-0.1, -0.05) is 0 Å². The molecule has 1 N–H and O–H groups in total. The second-order valence-corrected chi connectivity index (χ2v) is 4.78. The molecule has 0 bridgehead atoms. The number of carbonyl (C=O) groups excluding carboxylic acids is 1. The van der Waals surface area contributed by atoms with E-state index in [2.05, 4.69) is 26.0 Å². The third-order valence-corrected chi connectivity index (χ3v) is 3.48. The molecule has 0 saturated carbocycles. The highest BCUT2D eigenvalue weighted by molar-refractivity contribution is 5.89. The monoisotopic (exact) mass is 261 g/mol. The van der Waals surface area contributed by atoms with Crippen molar-refractivity contribution < 1.29 is 14.6 Å². The van der Waals surface area contributed by atoms with Crippen LogP contribution in [0, 0.1) is 13.8 Å². The Labute approximate surface area is 112 Å². The SMILES string of the molecule is COC(=O)Cc1cn(CCO)c2cc(C)c(C)cc12. The normalized spacial score (nSPS) is 10.9. The number of esters is 1. The van der Waals surface area contributed by atoms with Gasteiger partial charge >= 0.3 is 5.97 Å². The van der Waals surface area contributed by atoms with Crippen LogP contribution in [0.1, 0.15) is 16.7 Å². The van der Waals surface area contributed by atoms with Crippen molar-refractivity contribution in [2.75, 3.05) is 13.7 Å². The van der Waals surface area contributed by atoms with E-state index in [-0.39, 0.29) is 19.0 Å². The first-order chi connectivity index (χ1) is 9.06. The number of hydrogen-bond acceptors (Lipinski definition) is 3. The van der Waals surface area contributed by atoms with Gasteiger partial charge in [0.25, 0.3) is 0 Å². The standard InChI is InChI=1S/C15H19NO3/c1-10-6-13-12(8-15(18)19-3)9-16(4-5-17)14(13)7-11(10)2/h6-7,9,17H,4-5,8H2,1-3H3. The van der Waals surface area contributed by atoms with E-state index in [0.717, 1.165) is 16.5 Å². The molecule has 4 nitrogen and oxygen atoms in total. The zero-order valence-corrected chi connectivity index (χ0v) is 11.6. The minimum atomic E-state index is -0.249. The highest BCUT2D eigenvalue weighted by Crippen LogP contribution is 2.25. The Bertz CT molecular complexity index is 613. The summed E-state index contributed by atoms with van der Waals surface area (Å²) in [4.78, 5) is 11.5. The maximum absolute atomic E-state index is 11.5. The van der Waals surface area contributed by atoms with E-state index in [9.17, 15) is 4.79 Å². The van der Waals surface area contributed by atoms with Crippen LogP contribution in [0.3, 0.4) is 0 Å². The maximum Gasteiger partial charge on any atom is 0.310 e. The fourth-order valence-corrected chi connectivity index (χ4v) is 2.28. The highest BCUT2D eigenvalue weighted by atomic mass is 16.5. The summed E-state index contributed by atoms with van der Waals surface area (Å²) >= 11 is 0. The molecule has 0 unspecified atom stereocenters. The second kappa shape index (κ2) is 5.45. The van der Waals surface area contributed by atoms with E-state index in [1.54, 1.807) is 0 Å². The van der Waals surface area contributed by atoms with Crippen LogP contribution in [0.25, 0.3) is 10.9 Å². The van der Waals surface area contributed by atoms with E-state index in [1.165, 1.54) is 18.2 Å². The van der Waals surface area contributed by atoms with Crippen molar-refractivity contribution in [1.29, 1.82) is 0 Å². The van der Waals surface area contributed by atoms with Gasteiger partial charge in [0, 0.05) is 23.6 Å². The Hall–Kier alpha value is -1.81. The van der Waals surface area contributed by atoms with E-state index >= 15 is 0 Å². The molecule has 0 aliphatic rings. The van der Waals surface area contributed by atoms with E-state index < -0.39 is 0 Å². The first kappa shape index (κ1) is 13.6. The van der Waals surface area contributed by atoms with Gasteiger partial charge < -0.3 is 14.4 Å². The molecule has 0 amide bonds. The lowest BCUT2D eigenvalue weighted by molar-refractivity contribution is -0.139. The number of hydrogen-bond donors (Lipinski definition) is 1. The maximum atomic E-state index is 11.5. The van der Waals surface area contributed by atoms with Gasteiger partial charge in [-0.15, -0.1) is 0 Å². The molecule has 0 radical (unpaired) electrons. The molecule has 0 fully saturated rings. The number of fused-ring (bicyclic) bond motifs is 1.